The molecule has 0 bridgehead atoms. The Kier molecular flexibility index (Phi) is 4.84. The molecule has 1 unspecified atom stereocenters. The average molecular weight is 420 g/mol. The summed E-state index contributed by atoms with van der Waals surface area (Å²) < 4.78 is 2.15. The van der Waals surface area contributed by atoms with Gasteiger partial charge in [-0.15, -0.1) is 10.2 Å². The molecule has 150 valence electrons. The molecule has 0 radical (unpaired) electrons. The first kappa shape index (κ1) is 18.6. The summed E-state index contributed by atoms with van der Waals surface area (Å²) in [7, 11) is 0. The summed E-state index contributed by atoms with van der Waals surface area (Å²) >= 11 is 5.75. The predicted octanol–water partition coefficient (Wildman–Crippen LogP) is 3.48. The van der Waals surface area contributed by atoms with Crippen molar-refractivity contribution in [2.45, 2.75) is 31.2 Å². The molecule has 3 aromatic heterocycles. The maximum atomic E-state index is 12.8. The lowest BCUT2D eigenvalue weighted by atomic mass is 9.98. The summed E-state index contributed by atoms with van der Waals surface area (Å²) in [4.78, 5) is 25.0. The van der Waals surface area contributed by atoms with Crippen LogP contribution >= 0.6 is 11.6 Å². The van der Waals surface area contributed by atoms with E-state index >= 15 is 0 Å². The van der Waals surface area contributed by atoms with Gasteiger partial charge in [0.15, 0.2) is 0 Å². The first-order valence-electron chi connectivity index (χ1n) is 9.70. The Hall–Kier alpha value is -3.39. The largest absolute Gasteiger partial charge is 0.321 e. The van der Waals surface area contributed by atoms with E-state index in [-0.39, 0.29) is 17.1 Å². The van der Waals surface area contributed by atoms with Crippen LogP contribution in [0.2, 0.25) is 5.28 Å². The van der Waals surface area contributed by atoms with Crippen LogP contribution in [0.15, 0.2) is 61.0 Å². The minimum atomic E-state index is -0.285. The van der Waals surface area contributed by atoms with E-state index in [0.717, 1.165) is 29.1 Å². The Balaban J connectivity index is 1.34. The van der Waals surface area contributed by atoms with E-state index < -0.39 is 0 Å². The Morgan fingerprint density at radius 2 is 2.00 bits per heavy atom. The van der Waals surface area contributed by atoms with Gasteiger partial charge in [-0.25, -0.2) is 9.97 Å². The van der Waals surface area contributed by atoms with Crippen molar-refractivity contribution in [3.63, 3.8) is 0 Å². The third-order valence-corrected chi connectivity index (χ3v) is 5.34. The maximum Gasteiger partial charge on any atom is 0.274 e. The molecular formula is C21H18ClN7O. The first-order chi connectivity index (χ1) is 14.7. The summed E-state index contributed by atoms with van der Waals surface area (Å²) in [5.41, 5.74) is 2.58. The fourth-order valence-electron chi connectivity index (χ4n) is 3.49. The van der Waals surface area contributed by atoms with Gasteiger partial charge in [0.1, 0.15) is 17.8 Å². The van der Waals surface area contributed by atoms with Gasteiger partial charge in [-0.05, 0) is 60.7 Å². The minimum Gasteiger partial charge on any atom is -0.321 e. The second-order valence-corrected chi connectivity index (χ2v) is 7.66. The van der Waals surface area contributed by atoms with Crippen molar-refractivity contribution in [1.82, 2.24) is 35.0 Å². The molecule has 0 aromatic carbocycles. The molecule has 0 aliphatic heterocycles. The van der Waals surface area contributed by atoms with Crippen LogP contribution in [0.25, 0.3) is 11.1 Å². The highest BCUT2D eigenvalue weighted by atomic mass is 35.5. The van der Waals surface area contributed by atoms with Crippen molar-refractivity contribution >= 4 is 17.5 Å². The van der Waals surface area contributed by atoms with E-state index in [2.05, 4.69) is 35.0 Å². The fraction of sp³-hybridized carbons (Fsp3) is 0.238. The Morgan fingerprint density at radius 1 is 1.17 bits per heavy atom. The molecule has 0 saturated heterocycles. The van der Waals surface area contributed by atoms with Gasteiger partial charge in [-0.3, -0.25) is 9.78 Å². The van der Waals surface area contributed by atoms with E-state index in [1.807, 2.05) is 18.2 Å². The number of aromatic nitrogens is 6. The van der Waals surface area contributed by atoms with Crippen LogP contribution in [-0.2, 0) is 0 Å². The van der Waals surface area contributed by atoms with Gasteiger partial charge in [0.25, 0.3) is 5.91 Å². The number of nitrogens with zero attached hydrogens (tertiary/aromatic N) is 6. The van der Waals surface area contributed by atoms with Gasteiger partial charge in [0, 0.05) is 41.8 Å². The molecule has 1 atom stereocenters. The number of allylic oxidation sites excluding steroid dienone is 3. The molecule has 3 heterocycles. The van der Waals surface area contributed by atoms with Crippen molar-refractivity contribution in [3.05, 3.63) is 77.8 Å². The van der Waals surface area contributed by atoms with Gasteiger partial charge >= 0.3 is 0 Å². The number of halogens is 1. The van der Waals surface area contributed by atoms with Crippen molar-refractivity contribution in [2.75, 3.05) is 0 Å². The highest BCUT2D eigenvalue weighted by Gasteiger charge is 2.29. The molecule has 9 heteroatoms. The van der Waals surface area contributed by atoms with E-state index in [1.54, 1.807) is 37.1 Å². The number of nitrogens with one attached hydrogen (secondary N) is 1. The number of carbonyl (C=O) groups excluding carboxylic acids is 1. The van der Waals surface area contributed by atoms with Crippen LogP contribution in [0.3, 0.4) is 0 Å². The third-order valence-electron chi connectivity index (χ3n) is 5.14. The van der Waals surface area contributed by atoms with Crippen molar-refractivity contribution in [2.24, 2.45) is 0 Å². The van der Waals surface area contributed by atoms with Gasteiger partial charge in [0.2, 0.25) is 5.28 Å². The Bertz CT molecular complexity index is 1150. The smallest absolute Gasteiger partial charge is 0.274 e. The molecule has 2 aliphatic rings. The molecule has 30 heavy (non-hydrogen) atoms. The third kappa shape index (κ3) is 3.86. The van der Waals surface area contributed by atoms with Crippen LogP contribution in [0.4, 0.5) is 0 Å². The van der Waals surface area contributed by atoms with Gasteiger partial charge in [-0.1, -0.05) is 6.08 Å². The maximum absolute atomic E-state index is 12.8. The zero-order valence-electron chi connectivity index (χ0n) is 15.9. The number of amides is 1. The number of hydrogen-bond acceptors (Lipinski definition) is 6. The van der Waals surface area contributed by atoms with Crippen molar-refractivity contribution in [3.8, 4) is 11.1 Å². The summed E-state index contributed by atoms with van der Waals surface area (Å²) in [6.45, 7) is 0. The molecular weight excluding hydrogens is 402 g/mol. The van der Waals surface area contributed by atoms with Crippen LogP contribution < -0.4 is 5.32 Å². The fourth-order valence-corrected chi connectivity index (χ4v) is 3.58. The van der Waals surface area contributed by atoms with Crippen LogP contribution in [0.5, 0.6) is 0 Å². The Morgan fingerprint density at radius 3 is 2.80 bits per heavy atom. The van der Waals surface area contributed by atoms with Crippen LogP contribution in [-0.4, -0.2) is 35.6 Å². The summed E-state index contributed by atoms with van der Waals surface area (Å²) in [5.74, 6) is 0.738. The number of hydrogen-bond donors (Lipinski definition) is 1. The van der Waals surface area contributed by atoms with Crippen LogP contribution in [0.1, 0.15) is 47.5 Å². The quantitative estimate of drug-likeness (QED) is 0.636. The molecule has 1 N–H and O–H groups in total. The van der Waals surface area contributed by atoms with Crippen LogP contribution in [0, 0.1) is 0 Å². The standard InChI is InChI=1S/C21H18ClN7O/c22-21-24-10-15(11-25-21)13-6-7-23-18(9-13)20(30)27-16-3-1-2-14(8-16)19-28-26-12-29(19)17-4-5-17/h1,3,6-12,14,17H,2,4-5H2,(H,27,30). The highest BCUT2D eigenvalue weighted by molar-refractivity contribution is 6.28. The summed E-state index contributed by atoms with van der Waals surface area (Å²) in [6.07, 6.45) is 15.7. The van der Waals surface area contributed by atoms with E-state index in [4.69, 9.17) is 11.6 Å². The second-order valence-electron chi connectivity index (χ2n) is 7.32. The molecule has 5 rings (SSSR count). The number of rotatable bonds is 5. The SMILES string of the molecule is O=C(NC1=CC(c2nncn2C2CC2)CC=C1)c1cc(-c2cnc(Cl)nc2)ccn1. The second kappa shape index (κ2) is 7.79. The topological polar surface area (TPSA) is 98.5 Å². The van der Waals surface area contributed by atoms with Gasteiger partial charge in [0.05, 0.1) is 0 Å². The lowest BCUT2D eigenvalue weighted by Crippen LogP contribution is -2.24. The normalized spacial score (nSPS) is 18.2. The van der Waals surface area contributed by atoms with E-state index in [9.17, 15) is 4.79 Å². The lowest BCUT2D eigenvalue weighted by Gasteiger charge is -2.17. The molecule has 8 nitrogen and oxygen atoms in total. The molecule has 0 spiro atoms. The highest BCUT2D eigenvalue weighted by Crippen LogP contribution is 2.38. The molecule has 3 aromatic rings. The molecule has 2 aliphatic carbocycles. The van der Waals surface area contributed by atoms with Gasteiger partial charge < -0.3 is 9.88 Å². The summed E-state index contributed by atoms with van der Waals surface area (Å²) in [6, 6.07) is 4.01. The molecule has 1 saturated carbocycles. The Labute approximate surface area is 177 Å². The van der Waals surface area contributed by atoms with Gasteiger partial charge in [-0.2, -0.15) is 0 Å². The van der Waals surface area contributed by atoms with Crippen molar-refractivity contribution < 1.29 is 4.79 Å². The predicted molar refractivity (Wildman–Crippen MR) is 111 cm³/mol. The molecule has 1 amide bonds. The average Bonchev–Trinajstić information content (AvgIpc) is 3.50. The van der Waals surface area contributed by atoms with E-state index in [1.165, 1.54) is 12.8 Å². The lowest BCUT2D eigenvalue weighted by molar-refractivity contribution is 0.0962. The number of carbonyl (C=O) groups is 1. The number of pyridine rings is 1. The van der Waals surface area contributed by atoms with Crippen molar-refractivity contribution in [1.29, 1.82) is 0 Å². The summed E-state index contributed by atoms with van der Waals surface area (Å²) in [5, 5.41) is 11.5. The van der Waals surface area contributed by atoms with E-state index in [0.29, 0.717) is 11.7 Å². The zero-order valence-corrected chi connectivity index (χ0v) is 16.7. The minimum absolute atomic E-state index is 0.0823. The monoisotopic (exact) mass is 419 g/mol. The zero-order chi connectivity index (χ0) is 20.5. The molecule has 1 fully saturated rings. The first-order valence-corrected chi connectivity index (χ1v) is 10.1.